The van der Waals surface area contributed by atoms with Gasteiger partial charge in [0, 0.05) is 18.5 Å². The summed E-state index contributed by atoms with van der Waals surface area (Å²) in [6, 6.07) is 0. The number of hydrogen-bond acceptors (Lipinski definition) is 1. The van der Waals surface area contributed by atoms with Gasteiger partial charge in [-0.15, -0.1) is 0 Å². The zero-order chi connectivity index (χ0) is 8.10. The van der Waals surface area contributed by atoms with E-state index in [1.54, 1.807) is 0 Å². The molecule has 0 aromatic carbocycles. The molecule has 0 radical (unpaired) electrons. The quantitative estimate of drug-likeness (QED) is 0.663. The van der Waals surface area contributed by atoms with Crippen molar-refractivity contribution in [2.24, 2.45) is 11.8 Å². The fourth-order valence-corrected chi connectivity index (χ4v) is 2.30. The third-order valence-corrected chi connectivity index (χ3v) is 3.40. The van der Waals surface area contributed by atoms with Gasteiger partial charge in [0.25, 0.3) is 0 Å². The lowest BCUT2D eigenvalue weighted by atomic mass is 9.94. The van der Waals surface area contributed by atoms with Gasteiger partial charge in [0.15, 0.2) is 0 Å². The lowest BCUT2D eigenvalue weighted by molar-refractivity contribution is 0.180. The molecule has 0 saturated carbocycles. The lowest BCUT2D eigenvalue weighted by Crippen LogP contribution is -2.09. The topological polar surface area (TPSA) is 9.23 Å². The highest BCUT2D eigenvalue weighted by molar-refractivity contribution is 9.09. The Kier molecular flexibility index (Phi) is 4.46. The van der Waals surface area contributed by atoms with E-state index < -0.39 is 0 Å². The summed E-state index contributed by atoms with van der Waals surface area (Å²) in [6.45, 7) is 4.26. The molecule has 11 heavy (non-hydrogen) atoms. The van der Waals surface area contributed by atoms with E-state index in [1.165, 1.54) is 19.3 Å². The molecule has 1 rings (SSSR count). The zero-order valence-electron chi connectivity index (χ0n) is 7.18. The molecule has 2 unspecified atom stereocenters. The first-order chi connectivity index (χ1) is 5.36. The van der Waals surface area contributed by atoms with Crippen molar-refractivity contribution in [1.29, 1.82) is 0 Å². The van der Waals surface area contributed by atoms with Crippen LogP contribution < -0.4 is 0 Å². The Hall–Kier alpha value is 0.440. The summed E-state index contributed by atoms with van der Waals surface area (Å²) in [7, 11) is 0. The predicted molar refractivity (Wildman–Crippen MR) is 51.1 cm³/mol. The van der Waals surface area contributed by atoms with Gasteiger partial charge in [-0.1, -0.05) is 29.3 Å². The van der Waals surface area contributed by atoms with Crippen LogP contribution >= 0.6 is 15.9 Å². The highest BCUT2D eigenvalue weighted by Crippen LogP contribution is 2.24. The average Bonchev–Trinajstić information content (AvgIpc) is 2.52. The Morgan fingerprint density at radius 1 is 1.64 bits per heavy atom. The molecular weight excluding hydrogens is 204 g/mol. The van der Waals surface area contributed by atoms with Gasteiger partial charge in [-0.05, 0) is 24.7 Å². The molecule has 0 aromatic heterocycles. The molecule has 66 valence electrons. The SMILES string of the molecule is CCC(CBr)CC1CCOC1. The highest BCUT2D eigenvalue weighted by Gasteiger charge is 2.18. The summed E-state index contributed by atoms with van der Waals surface area (Å²) >= 11 is 3.54. The fraction of sp³-hybridized carbons (Fsp3) is 1.00. The molecule has 0 aliphatic carbocycles. The standard InChI is InChI=1S/C9H17BrO/c1-2-8(6-10)5-9-3-4-11-7-9/h8-9H,2-7H2,1H3. The molecule has 1 aliphatic rings. The Morgan fingerprint density at radius 2 is 2.45 bits per heavy atom. The van der Waals surface area contributed by atoms with E-state index in [2.05, 4.69) is 22.9 Å². The maximum Gasteiger partial charge on any atom is 0.0495 e. The second kappa shape index (κ2) is 5.15. The minimum atomic E-state index is 0.845. The summed E-state index contributed by atoms with van der Waals surface area (Å²) in [6.07, 6.45) is 3.92. The molecule has 0 N–H and O–H groups in total. The van der Waals surface area contributed by atoms with Gasteiger partial charge >= 0.3 is 0 Å². The van der Waals surface area contributed by atoms with Crippen LogP contribution in [0.5, 0.6) is 0 Å². The molecule has 0 spiro atoms. The van der Waals surface area contributed by atoms with Crippen molar-refractivity contribution in [2.45, 2.75) is 26.2 Å². The Labute approximate surface area is 77.6 Å². The van der Waals surface area contributed by atoms with Gasteiger partial charge < -0.3 is 4.74 Å². The second-order valence-corrected chi connectivity index (χ2v) is 4.04. The maximum absolute atomic E-state index is 5.33. The van der Waals surface area contributed by atoms with Gasteiger partial charge in [-0.3, -0.25) is 0 Å². The predicted octanol–water partition coefficient (Wildman–Crippen LogP) is 2.83. The van der Waals surface area contributed by atoms with E-state index in [9.17, 15) is 0 Å². The van der Waals surface area contributed by atoms with Crippen molar-refractivity contribution in [2.75, 3.05) is 18.5 Å². The van der Waals surface area contributed by atoms with Crippen molar-refractivity contribution in [3.8, 4) is 0 Å². The van der Waals surface area contributed by atoms with Gasteiger partial charge in [0.05, 0.1) is 0 Å². The highest BCUT2D eigenvalue weighted by atomic mass is 79.9. The van der Waals surface area contributed by atoms with Crippen LogP contribution in [0.25, 0.3) is 0 Å². The Balaban J connectivity index is 2.16. The van der Waals surface area contributed by atoms with Crippen LogP contribution in [0.2, 0.25) is 0 Å². The summed E-state index contributed by atoms with van der Waals surface area (Å²) in [5.41, 5.74) is 0. The minimum Gasteiger partial charge on any atom is -0.381 e. The van der Waals surface area contributed by atoms with Gasteiger partial charge in [-0.2, -0.15) is 0 Å². The van der Waals surface area contributed by atoms with Crippen LogP contribution in [-0.2, 0) is 4.74 Å². The summed E-state index contributed by atoms with van der Waals surface area (Å²) in [5, 5.41) is 1.15. The van der Waals surface area contributed by atoms with E-state index in [0.717, 1.165) is 30.4 Å². The monoisotopic (exact) mass is 220 g/mol. The summed E-state index contributed by atoms with van der Waals surface area (Å²) < 4.78 is 5.33. The molecule has 0 aromatic rings. The number of hydrogen-bond donors (Lipinski definition) is 0. The smallest absolute Gasteiger partial charge is 0.0495 e. The average molecular weight is 221 g/mol. The lowest BCUT2D eigenvalue weighted by Gasteiger charge is -2.14. The molecule has 2 atom stereocenters. The fourth-order valence-electron chi connectivity index (χ4n) is 1.58. The summed E-state index contributed by atoms with van der Waals surface area (Å²) in [5.74, 6) is 1.71. The second-order valence-electron chi connectivity index (χ2n) is 3.39. The van der Waals surface area contributed by atoms with Crippen LogP contribution in [-0.4, -0.2) is 18.5 Å². The molecule has 0 bridgehead atoms. The van der Waals surface area contributed by atoms with E-state index in [1.807, 2.05) is 0 Å². The first-order valence-electron chi connectivity index (χ1n) is 4.50. The largest absolute Gasteiger partial charge is 0.381 e. The summed E-state index contributed by atoms with van der Waals surface area (Å²) in [4.78, 5) is 0. The van der Waals surface area contributed by atoms with Crippen molar-refractivity contribution in [3.05, 3.63) is 0 Å². The van der Waals surface area contributed by atoms with Crippen LogP contribution in [0.3, 0.4) is 0 Å². The molecule has 2 heteroatoms. The van der Waals surface area contributed by atoms with E-state index in [-0.39, 0.29) is 0 Å². The third kappa shape index (κ3) is 3.12. The van der Waals surface area contributed by atoms with Crippen LogP contribution in [0.1, 0.15) is 26.2 Å². The number of ether oxygens (including phenoxy) is 1. The van der Waals surface area contributed by atoms with E-state index in [0.29, 0.717) is 0 Å². The number of rotatable bonds is 4. The van der Waals surface area contributed by atoms with Gasteiger partial charge in [0.1, 0.15) is 0 Å². The van der Waals surface area contributed by atoms with Crippen molar-refractivity contribution >= 4 is 15.9 Å². The first-order valence-corrected chi connectivity index (χ1v) is 5.62. The molecule has 1 saturated heterocycles. The van der Waals surface area contributed by atoms with Crippen molar-refractivity contribution < 1.29 is 4.74 Å². The van der Waals surface area contributed by atoms with Crippen LogP contribution in [0, 0.1) is 11.8 Å². The van der Waals surface area contributed by atoms with Gasteiger partial charge in [0.2, 0.25) is 0 Å². The maximum atomic E-state index is 5.33. The Bertz CT molecular complexity index is 95.7. The molecule has 1 heterocycles. The molecule has 0 amide bonds. The molecule has 1 aliphatic heterocycles. The van der Waals surface area contributed by atoms with Crippen molar-refractivity contribution in [3.63, 3.8) is 0 Å². The number of alkyl halides is 1. The Morgan fingerprint density at radius 3 is 2.91 bits per heavy atom. The number of halogens is 1. The minimum absolute atomic E-state index is 0.845. The van der Waals surface area contributed by atoms with E-state index in [4.69, 9.17) is 4.74 Å². The first kappa shape index (κ1) is 9.53. The van der Waals surface area contributed by atoms with Crippen molar-refractivity contribution in [1.82, 2.24) is 0 Å². The molecule has 1 nitrogen and oxygen atoms in total. The molecule has 1 fully saturated rings. The molecular formula is C9H17BrO. The van der Waals surface area contributed by atoms with Gasteiger partial charge in [-0.25, -0.2) is 0 Å². The normalized spacial score (nSPS) is 27.3. The van der Waals surface area contributed by atoms with Crippen LogP contribution in [0.15, 0.2) is 0 Å². The third-order valence-electron chi connectivity index (χ3n) is 2.49. The van der Waals surface area contributed by atoms with E-state index >= 15 is 0 Å². The van der Waals surface area contributed by atoms with Crippen LogP contribution in [0.4, 0.5) is 0 Å². The zero-order valence-corrected chi connectivity index (χ0v) is 8.77.